The summed E-state index contributed by atoms with van der Waals surface area (Å²) in [6.07, 6.45) is -0.650. The molecular formula is C21H25N3O3S. The first-order valence-corrected chi connectivity index (χ1v) is 10.1. The number of fused-ring (bicyclic) bond motifs is 1. The van der Waals surface area contributed by atoms with E-state index < -0.39 is 6.10 Å². The van der Waals surface area contributed by atoms with Crippen molar-refractivity contribution in [3.05, 3.63) is 57.0 Å². The van der Waals surface area contributed by atoms with Gasteiger partial charge in [0.05, 0.1) is 12.1 Å². The lowest BCUT2D eigenvalue weighted by atomic mass is 10.0. The highest BCUT2D eigenvalue weighted by Gasteiger charge is 2.21. The maximum Gasteiger partial charge on any atom is 0.268 e. The summed E-state index contributed by atoms with van der Waals surface area (Å²) in [5.41, 5.74) is 2.62. The number of nitrogens with zero attached hydrogens (tertiary/aromatic N) is 2. The summed E-state index contributed by atoms with van der Waals surface area (Å²) in [5, 5.41) is 1.83. The van der Waals surface area contributed by atoms with Gasteiger partial charge in [0.15, 0.2) is 6.10 Å². The maximum atomic E-state index is 12.8. The van der Waals surface area contributed by atoms with Crippen molar-refractivity contribution < 1.29 is 9.53 Å². The standard InChI is InChI=1S/C21H25N3O3S/c1-12(2)15-7-6-13(3)17(10-15)27-14(4)21(26)24(5)11-18-22-16-8-9-28-19(16)20(25)23-18/h6-10,12,14H,11H2,1-5H3,(H,22,23,25)/t14-/m0/s1. The smallest absolute Gasteiger partial charge is 0.268 e. The summed E-state index contributed by atoms with van der Waals surface area (Å²) in [6, 6.07) is 7.88. The molecule has 0 aliphatic carbocycles. The number of thiophene rings is 1. The minimum atomic E-state index is -0.650. The van der Waals surface area contributed by atoms with Crippen molar-refractivity contribution in [3.63, 3.8) is 0 Å². The van der Waals surface area contributed by atoms with Crippen molar-refractivity contribution in [2.45, 2.75) is 46.3 Å². The summed E-state index contributed by atoms with van der Waals surface area (Å²) < 4.78 is 6.55. The highest BCUT2D eigenvalue weighted by Crippen LogP contribution is 2.25. The molecule has 1 amide bonds. The van der Waals surface area contributed by atoms with Crippen LogP contribution in [0.3, 0.4) is 0 Å². The van der Waals surface area contributed by atoms with Gasteiger partial charge in [-0.25, -0.2) is 4.98 Å². The zero-order chi connectivity index (χ0) is 20.4. The number of nitrogens with one attached hydrogen (secondary N) is 1. The number of hydrogen-bond donors (Lipinski definition) is 1. The summed E-state index contributed by atoms with van der Waals surface area (Å²) in [4.78, 5) is 33.6. The van der Waals surface area contributed by atoms with Gasteiger partial charge in [0, 0.05) is 7.05 Å². The molecule has 0 fully saturated rings. The van der Waals surface area contributed by atoms with Crippen LogP contribution < -0.4 is 10.3 Å². The summed E-state index contributed by atoms with van der Waals surface area (Å²) in [6.45, 7) is 8.14. The molecule has 3 aromatic rings. The molecule has 0 saturated carbocycles. The molecule has 2 heterocycles. The van der Waals surface area contributed by atoms with Crippen LogP contribution in [0.2, 0.25) is 0 Å². The molecule has 0 unspecified atom stereocenters. The van der Waals surface area contributed by atoms with Crippen LogP contribution in [0.25, 0.3) is 10.2 Å². The molecule has 28 heavy (non-hydrogen) atoms. The van der Waals surface area contributed by atoms with Crippen LogP contribution in [-0.2, 0) is 11.3 Å². The molecule has 1 atom stereocenters. The van der Waals surface area contributed by atoms with Crippen LogP contribution in [0.4, 0.5) is 0 Å². The van der Waals surface area contributed by atoms with Crippen molar-refractivity contribution in [2.24, 2.45) is 0 Å². The lowest BCUT2D eigenvalue weighted by Gasteiger charge is -2.23. The fourth-order valence-electron chi connectivity index (χ4n) is 2.95. The molecule has 3 rings (SSSR count). The summed E-state index contributed by atoms with van der Waals surface area (Å²) in [7, 11) is 1.68. The molecule has 0 radical (unpaired) electrons. The van der Waals surface area contributed by atoms with E-state index in [9.17, 15) is 9.59 Å². The fraction of sp³-hybridized carbons (Fsp3) is 0.381. The number of carbonyl (C=O) groups is 1. The molecule has 6 nitrogen and oxygen atoms in total. The third-order valence-corrected chi connectivity index (χ3v) is 5.56. The number of rotatable bonds is 6. The number of benzene rings is 1. The SMILES string of the molecule is Cc1ccc(C(C)C)cc1O[C@@H](C)C(=O)N(C)Cc1nc2ccsc2c(=O)[nH]1. The zero-order valence-electron chi connectivity index (χ0n) is 16.8. The Morgan fingerprint density at radius 3 is 2.75 bits per heavy atom. The summed E-state index contributed by atoms with van der Waals surface area (Å²) in [5.74, 6) is 1.37. The molecule has 0 aliphatic rings. The molecule has 0 aliphatic heterocycles. The van der Waals surface area contributed by atoms with Gasteiger partial charge in [-0.05, 0) is 48.4 Å². The largest absolute Gasteiger partial charge is 0.481 e. The Labute approximate surface area is 168 Å². The quantitative estimate of drug-likeness (QED) is 0.683. The topological polar surface area (TPSA) is 75.3 Å². The zero-order valence-corrected chi connectivity index (χ0v) is 17.6. The van der Waals surface area contributed by atoms with Gasteiger partial charge in [0.2, 0.25) is 0 Å². The number of carbonyl (C=O) groups excluding carboxylic acids is 1. The number of aryl methyl sites for hydroxylation is 1. The summed E-state index contributed by atoms with van der Waals surface area (Å²) >= 11 is 1.35. The Hall–Kier alpha value is -2.67. The van der Waals surface area contributed by atoms with Crippen LogP contribution >= 0.6 is 11.3 Å². The van der Waals surface area contributed by atoms with Crippen molar-refractivity contribution >= 4 is 27.5 Å². The maximum absolute atomic E-state index is 12.8. The van der Waals surface area contributed by atoms with Crippen LogP contribution in [0.1, 0.15) is 43.6 Å². The Morgan fingerprint density at radius 2 is 2.04 bits per heavy atom. The van der Waals surface area contributed by atoms with Gasteiger partial charge in [-0.2, -0.15) is 0 Å². The van der Waals surface area contributed by atoms with Gasteiger partial charge in [0.25, 0.3) is 11.5 Å². The van der Waals surface area contributed by atoms with E-state index in [1.54, 1.807) is 20.0 Å². The van der Waals surface area contributed by atoms with E-state index in [0.29, 0.717) is 27.7 Å². The first-order valence-electron chi connectivity index (χ1n) is 9.25. The molecule has 0 spiro atoms. The van der Waals surface area contributed by atoms with E-state index in [1.165, 1.54) is 21.8 Å². The number of H-pyrrole nitrogens is 1. The predicted molar refractivity (Wildman–Crippen MR) is 112 cm³/mol. The van der Waals surface area contributed by atoms with Crippen molar-refractivity contribution in [3.8, 4) is 5.75 Å². The van der Waals surface area contributed by atoms with Crippen LogP contribution in [0.15, 0.2) is 34.4 Å². The molecule has 1 N–H and O–H groups in total. The van der Waals surface area contributed by atoms with E-state index >= 15 is 0 Å². The number of hydrogen-bond acceptors (Lipinski definition) is 5. The third kappa shape index (κ3) is 4.25. The van der Waals surface area contributed by atoms with Crippen LogP contribution in [0, 0.1) is 6.92 Å². The van der Waals surface area contributed by atoms with E-state index in [1.807, 2.05) is 24.4 Å². The second kappa shape index (κ2) is 8.14. The molecule has 2 aromatic heterocycles. The lowest BCUT2D eigenvalue weighted by Crippen LogP contribution is -2.38. The molecule has 7 heteroatoms. The Balaban J connectivity index is 1.72. The van der Waals surface area contributed by atoms with Gasteiger partial charge >= 0.3 is 0 Å². The molecule has 0 bridgehead atoms. The number of likely N-dealkylation sites (N-methyl/N-ethyl adjacent to an activating group) is 1. The van der Waals surface area contributed by atoms with Gasteiger partial charge in [-0.15, -0.1) is 11.3 Å². The fourth-order valence-corrected chi connectivity index (χ4v) is 3.68. The Bertz CT molecular complexity index is 1050. The van der Waals surface area contributed by atoms with Crippen LogP contribution in [-0.4, -0.2) is 33.9 Å². The monoisotopic (exact) mass is 399 g/mol. The average molecular weight is 400 g/mol. The van der Waals surface area contributed by atoms with Crippen molar-refractivity contribution in [1.82, 2.24) is 14.9 Å². The third-order valence-electron chi connectivity index (χ3n) is 4.66. The van der Waals surface area contributed by atoms with Crippen molar-refractivity contribution in [2.75, 3.05) is 7.05 Å². The highest BCUT2D eigenvalue weighted by atomic mass is 32.1. The lowest BCUT2D eigenvalue weighted by molar-refractivity contribution is -0.137. The number of aromatic amines is 1. The minimum Gasteiger partial charge on any atom is -0.481 e. The predicted octanol–water partition coefficient (Wildman–Crippen LogP) is 3.84. The number of ether oxygens (including phenoxy) is 1. The van der Waals surface area contributed by atoms with E-state index in [2.05, 4.69) is 29.9 Å². The second-order valence-electron chi connectivity index (χ2n) is 7.28. The molecule has 148 valence electrons. The number of amides is 1. The molecule has 0 saturated heterocycles. The van der Waals surface area contributed by atoms with Gasteiger partial charge in [-0.3, -0.25) is 9.59 Å². The normalized spacial score (nSPS) is 12.4. The van der Waals surface area contributed by atoms with Crippen molar-refractivity contribution in [1.29, 1.82) is 0 Å². The number of aromatic nitrogens is 2. The van der Waals surface area contributed by atoms with Gasteiger partial charge < -0.3 is 14.6 Å². The van der Waals surface area contributed by atoms with Crippen LogP contribution in [0.5, 0.6) is 5.75 Å². The van der Waals surface area contributed by atoms with E-state index in [0.717, 1.165) is 5.56 Å². The van der Waals surface area contributed by atoms with Gasteiger partial charge in [-0.1, -0.05) is 26.0 Å². The Kier molecular flexibility index (Phi) is 5.84. The second-order valence-corrected chi connectivity index (χ2v) is 8.20. The Morgan fingerprint density at radius 1 is 1.29 bits per heavy atom. The first-order chi connectivity index (χ1) is 13.3. The molecule has 1 aromatic carbocycles. The van der Waals surface area contributed by atoms with Gasteiger partial charge in [0.1, 0.15) is 16.3 Å². The van der Waals surface area contributed by atoms with E-state index in [-0.39, 0.29) is 18.0 Å². The first kappa shape index (κ1) is 20.1. The molecular weight excluding hydrogens is 374 g/mol. The highest BCUT2D eigenvalue weighted by molar-refractivity contribution is 7.17. The average Bonchev–Trinajstić information content (AvgIpc) is 3.11. The van der Waals surface area contributed by atoms with E-state index in [4.69, 9.17) is 4.74 Å². The minimum absolute atomic E-state index is 0.178.